The van der Waals surface area contributed by atoms with Crippen molar-refractivity contribution >= 4 is 11.6 Å². The van der Waals surface area contributed by atoms with Crippen LogP contribution in [-0.2, 0) is 17.4 Å². The number of nitrogens with one attached hydrogen (secondary N) is 1. The smallest absolute Gasteiger partial charge is 0.307 e. The van der Waals surface area contributed by atoms with Crippen LogP contribution in [0.4, 0.5) is 5.69 Å². The Morgan fingerprint density at radius 1 is 1.29 bits per heavy atom. The number of hydrogen-bond donors (Lipinski definition) is 1. The van der Waals surface area contributed by atoms with Crippen LogP contribution in [0.15, 0.2) is 18.6 Å². The summed E-state index contributed by atoms with van der Waals surface area (Å²) >= 11 is 0. The fraction of sp³-hybridized carbons (Fsp3) is 0.682. The number of amides is 1. The van der Waals surface area contributed by atoms with Crippen LogP contribution in [0.1, 0.15) is 69.2 Å². The van der Waals surface area contributed by atoms with Crippen molar-refractivity contribution in [3.8, 4) is 0 Å². The van der Waals surface area contributed by atoms with Crippen molar-refractivity contribution in [1.82, 2.24) is 24.9 Å². The minimum absolute atomic E-state index is 0.0431. The van der Waals surface area contributed by atoms with Gasteiger partial charge in [-0.05, 0) is 69.6 Å². The van der Waals surface area contributed by atoms with Crippen LogP contribution < -0.4 is 5.32 Å². The van der Waals surface area contributed by atoms with Crippen LogP contribution in [0.5, 0.6) is 0 Å². The van der Waals surface area contributed by atoms with E-state index in [4.69, 9.17) is 0 Å². The van der Waals surface area contributed by atoms with E-state index in [1.165, 1.54) is 12.6 Å². The highest BCUT2D eigenvalue weighted by atomic mass is 16.6. The summed E-state index contributed by atoms with van der Waals surface area (Å²) in [6, 6.07) is -0.0853. The van der Waals surface area contributed by atoms with Crippen molar-refractivity contribution in [3.63, 3.8) is 0 Å². The second-order valence-corrected chi connectivity index (χ2v) is 10.4. The Morgan fingerprint density at radius 2 is 2.00 bits per heavy atom. The fourth-order valence-corrected chi connectivity index (χ4v) is 7.20. The molecule has 4 aliphatic carbocycles. The van der Waals surface area contributed by atoms with Gasteiger partial charge in [-0.2, -0.15) is 10.2 Å². The quantitative estimate of drug-likeness (QED) is 0.563. The average molecular weight is 427 g/mol. The van der Waals surface area contributed by atoms with E-state index in [9.17, 15) is 14.9 Å². The molecule has 0 spiro atoms. The number of aryl methyl sites for hydroxylation is 1. The van der Waals surface area contributed by atoms with E-state index in [0.717, 1.165) is 43.4 Å². The number of rotatable bonds is 6. The zero-order valence-electron chi connectivity index (χ0n) is 18.4. The lowest BCUT2D eigenvalue weighted by Crippen LogP contribution is -2.57. The number of hydrogen-bond acceptors (Lipinski definition) is 5. The minimum Gasteiger partial charge on any atom is -0.349 e. The highest BCUT2D eigenvalue weighted by Crippen LogP contribution is 2.65. The van der Waals surface area contributed by atoms with Crippen molar-refractivity contribution in [1.29, 1.82) is 0 Å². The molecule has 2 aromatic heterocycles. The van der Waals surface area contributed by atoms with Gasteiger partial charge >= 0.3 is 5.69 Å². The summed E-state index contributed by atoms with van der Waals surface area (Å²) in [4.78, 5) is 23.9. The summed E-state index contributed by atoms with van der Waals surface area (Å²) in [7, 11) is 1.90. The van der Waals surface area contributed by atoms with E-state index < -0.39 is 0 Å². The second kappa shape index (κ2) is 6.90. The molecule has 4 aliphatic rings. The molecule has 4 bridgehead atoms. The molecular formula is C22H30N6O3. The van der Waals surface area contributed by atoms with Gasteiger partial charge in [0.2, 0.25) is 5.91 Å². The molecule has 6 rings (SSSR count). The Kier molecular flexibility index (Phi) is 4.50. The third-order valence-corrected chi connectivity index (χ3v) is 8.07. The van der Waals surface area contributed by atoms with E-state index in [1.807, 2.05) is 36.5 Å². The summed E-state index contributed by atoms with van der Waals surface area (Å²) in [5, 5.41) is 23.1. The molecule has 0 aliphatic heterocycles. The highest BCUT2D eigenvalue weighted by molar-refractivity contribution is 5.77. The van der Waals surface area contributed by atoms with Gasteiger partial charge in [0.05, 0.1) is 22.7 Å². The van der Waals surface area contributed by atoms with Gasteiger partial charge in [-0.3, -0.25) is 24.3 Å². The molecule has 4 fully saturated rings. The molecule has 9 nitrogen and oxygen atoms in total. The van der Waals surface area contributed by atoms with Gasteiger partial charge in [0.15, 0.2) is 0 Å². The van der Waals surface area contributed by atoms with E-state index >= 15 is 0 Å². The maximum atomic E-state index is 13.1. The first-order chi connectivity index (χ1) is 14.7. The normalized spacial score (nSPS) is 32.2. The minimum atomic E-state index is -0.380. The molecule has 3 unspecified atom stereocenters. The Morgan fingerprint density at radius 3 is 2.58 bits per heavy atom. The predicted octanol–water partition coefficient (Wildman–Crippen LogP) is 3.40. The molecular weight excluding hydrogens is 396 g/mol. The zero-order valence-corrected chi connectivity index (χ0v) is 18.4. The summed E-state index contributed by atoms with van der Waals surface area (Å²) in [6.07, 6.45) is 11.5. The monoisotopic (exact) mass is 426 g/mol. The van der Waals surface area contributed by atoms with E-state index in [-0.39, 0.29) is 33.5 Å². The Balaban J connectivity index is 1.35. The van der Waals surface area contributed by atoms with Crippen molar-refractivity contribution < 1.29 is 9.72 Å². The number of carbonyl (C=O) groups excluding carboxylic acids is 1. The van der Waals surface area contributed by atoms with Gasteiger partial charge in [0.25, 0.3) is 0 Å². The first kappa shape index (κ1) is 20.2. The lowest BCUT2D eigenvalue weighted by molar-refractivity contribution is -0.385. The largest absolute Gasteiger partial charge is 0.349 e. The topological polar surface area (TPSA) is 108 Å². The van der Waals surface area contributed by atoms with Crippen molar-refractivity contribution in [3.05, 3.63) is 40.0 Å². The first-order valence-corrected chi connectivity index (χ1v) is 11.2. The second-order valence-electron chi connectivity index (χ2n) is 10.4. The number of nitrogens with zero attached hydrogens (tertiary/aromatic N) is 5. The third kappa shape index (κ3) is 3.34. The van der Waals surface area contributed by atoms with Crippen molar-refractivity contribution in [2.45, 2.75) is 70.4 Å². The highest BCUT2D eigenvalue weighted by Gasteiger charge is 2.59. The molecule has 0 radical (unpaired) electrons. The van der Waals surface area contributed by atoms with E-state index in [0.29, 0.717) is 18.3 Å². The first-order valence-electron chi connectivity index (χ1n) is 11.2. The average Bonchev–Trinajstić information content (AvgIpc) is 3.28. The maximum Gasteiger partial charge on any atom is 0.307 e. The Labute approximate surface area is 181 Å². The van der Waals surface area contributed by atoms with Crippen LogP contribution in [-0.4, -0.2) is 30.4 Å². The molecule has 1 amide bonds. The number of carbonyl (C=O) groups is 1. The summed E-state index contributed by atoms with van der Waals surface area (Å²) < 4.78 is 3.68. The van der Waals surface area contributed by atoms with E-state index in [1.54, 1.807) is 6.20 Å². The Hall–Kier alpha value is -2.71. The lowest BCUT2D eigenvalue weighted by Gasteiger charge is -2.61. The van der Waals surface area contributed by atoms with Gasteiger partial charge in [-0.25, -0.2) is 0 Å². The molecule has 0 aromatic carbocycles. The van der Waals surface area contributed by atoms with E-state index in [2.05, 4.69) is 15.5 Å². The third-order valence-electron chi connectivity index (χ3n) is 8.07. The van der Waals surface area contributed by atoms with Crippen molar-refractivity contribution in [2.24, 2.45) is 24.3 Å². The Bertz CT molecular complexity index is 1030. The summed E-state index contributed by atoms with van der Waals surface area (Å²) in [5.41, 5.74) is 1.91. The van der Waals surface area contributed by atoms with Gasteiger partial charge in [-0.15, -0.1) is 0 Å². The SMILES string of the molecule is Cc1c(C(C)NC(=O)CC23CC4CC(C2)CC(n2cc([N+](=O)[O-])cn2)(C4)C3)cnn1C. The summed E-state index contributed by atoms with van der Waals surface area (Å²) in [5.74, 6) is 1.21. The van der Waals surface area contributed by atoms with Crippen LogP contribution in [0, 0.1) is 34.3 Å². The molecule has 1 N–H and O–H groups in total. The van der Waals surface area contributed by atoms with Crippen LogP contribution in [0.25, 0.3) is 0 Å². The maximum absolute atomic E-state index is 13.1. The number of aromatic nitrogens is 4. The summed E-state index contributed by atoms with van der Waals surface area (Å²) in [6.45, 7) is 4.02. The van der Waals surface area contributed by atoms with Crippen LogP contribution >= 0.6 is 0 Å². The van der Waals surface area contributed by atoms with Gasteiger partial charge in [0, 0.05) is 24.7 Å². The van der Waals surface area contributed by atoms with Crippen molar-refractivity contribution in [2.75, 3.05) is 0 Å². The molecule has 9 heteroatoms. The fourth-order valence-electron chi connectivity index (χ4n) is 7.20. The molecule has 0 saturated heterocycles. The molecule has 2 heterocycles. The molecule has 4 saturated carbocycles. The van der Waals surface area contributed by atoms with Crippen LogP contribution in [0.3, 0.4) is 0 Å². The standard InChI is InChI=1S/C22H30N6O3/c1-14(19-11-23-26(3)15(19)2)25-20(29)9-21-5-16-4-17(6-21)8-22(7-16,13-21)27-12-18(10-24-27)28(30)31/h10-12,14,16-17H,4-9,13H2,1-3H3,(H,25,29). The van der Waals surface area contributed by atoms with Gasteiger partial charge in [0.1, 0.15) is 12.4 Å². The zero-order chi connectivity index (χ0) is 22.0. The molecule has 3 atom stereocenters. The van der Waals surface area contributed by atoms with Gasteiger partial charge < -0.3 is 5.32 Å². The van der Waals surface area contributed by atoms with Crippen LogP contribution in [0.2, 0.25) is 0 Å². The lowest BCUT2D eigenvalue weighted by atomic mass is 9.46. The van der Waals surface area contributed by atoms with Gasteiger partial charge in [-0.1, -0.05) is 0 Å². The molecule has 166 valence electrons. The molecule has 2 aromatic rings. The predicted molar refractivity (Wildman–Crippen MR) is 113 cm³/mol. The number of nitro groups is 1. The molecule has 31 heavy (non-hydrogen) atoms.